The van der Waals surface area contributed by atoms with Crippen LogP contribution in [0.15, 0.2) is 36.4 Å². The van der Waals surface area contributed by atoms with Crippen molar-refractivity contribution in [1.82, 2.24) is 0 Å². The number of carbonyl (C=O) groups excluding carboxylic acids is 2. The van der Waals surface area contributed by atoms with Crippen LogP contribution in [0.2, 0.25) is 0 Å². The lowest BCUT2D eigenvalue weighted by molar-refractivity contribution is -0.158. The highest BCUT2D eigenvalue weighted by Gasteiger charge is 2.49. The van der Waals surface area contributed by atoms with Crippen LogP contribution in [0.4, 0.5) is 0 Å². The lowest BCUT2D eigenvalue weighted by Gasteiger charge is -2.34. The molecule has 0 bridgehead atoms. The molecule has 148 valence electrons. The van der Waals surface area contributed by atoms with E-state index >= 15 is 0 Å². The van der Waals surface area contributed by atoms with E-state index in [9.17, 15) is 9.59 Å². The molecule has 2 aromatic carbocycles. The van der Waals surface area contributed by atoms with E-state index in [0.717, 1.165) is 16.7 Å². The predicted octanol–water partition coefficient (Wildman–Crippen LogP) is 2.78. The summed E-state index contributed by atoms with van der Waals surface area (Å²) in [7, 11) is 6.01. The van der Waals surface area contributed by atoms with Crippen LogP contribution in [0.3, 0.4) is 0 Å². The molecule has 2 aromatic rings. The Kier molecular flexibility index (Phi) is 5.58. The fourth-order valence-corrected chi connectivity index (χ4v) is 3.79. The monoisotopic (exact) mass is 384 g/mol. The summed E-state index contributed by atoms with van der Waals surface area (Å²) < 4.78 is 21.0. The molecule has 0 N–H and O–H groups in total. The number of carbonyl (C=O) groups is 2. The minimum absolute atomic E-state index is 0.146. The average Bonchev–Trinajstić information content (AvgIpc) is 2.73. The summed E-state index contributed by atoms with van der Waals surface area (Å²) in [5.41, 5.74) is 1.35. The van der Waals surface area contributed by atoms with Gasteiger partial charge in [-0.25, -0.2) is 0 Å². The second-order valence-electron chi connectivity index (χ2n) is 6.85. The number of ether oxygens (including phenoxy) is 4. The molecular weight excluding hydrogens is 360 g/mol. The molecule has 0 heterocycles. The van der Waals surface area contributed by atoms with Gasteiger partial charge in [0.05, 0.1) is 28.4 Å². The van der Waals surface area contributed by atoms with Crippen molar-refractivity contribution in [1.29, 1.82) is 0 Å². The Morgan fingerprint density at radius 2 is 1.68 bits per heavy atom. The number of fused-ring (bicyclic) bond motifs is 1. The van der Waals surface area contributed by atoms with Gasteiger partial charge in [0, 0.05) is 6.42 Å². The zero-order chi connectivity index (χ0) is 20.3. The summed E-state index contributed by atoms with van der Waals surface area (Å²) in [5, 5.41) is 0. The van der Waals surface area contributed by atoms with Gasteiger partial charge in [-0.3, -0.25) is 9.59 Å². The number of benzene rings is 2. The Bertz CT molecular complexity index is 904. The number of hydrogen-bond acceptors (Lipinski definition) is 6. The first-order chi connectivity index (χ1) is 13.5. The highest BCUT2D eigenvalue weighted by atomic mass is 16.5. The Morgan fingerprint density at radius 1 is 0.929 bits per heavy atom. The zero-order valence-corrected chi connectivity index (χ0v) is 16.5. The molecule has 0 saturated carbocycles. The number of hydrogen-bond donors (Lipinski definition) is 0. The Hall–Kier alpha value is -3.02. The minimum atomic E-state index is -1.28. The zero-order valence-electron chi connectivity index (χ0n) is 16.5. The van der Waals surface area contributed by atoms with Crippen LogP contribution in [0, 0.1) is 5.41 Å². The Labute approximate surface area is 164 Å². The Balaban J connectivity index is 2.04. The van der Waals surface area contributed by atoms with Gasteiger partial charge in [-0.2, -0.15) is 0 Å². The quantitative estimate of drug-likeness (QED) is 0.563. The molecule has 6 heteroatoms. The molecule has 1 aliphatic carbocycles. The molecule has 0 radical (unpaired) electrons. The van der Waals surface area contributed by atoms with E-state index in [-0.39, 0.29) is 25.0 Å². The second-order valence-corrected chi connectivity index (χ2v) is 6.85. The topological polar surface area (TPSA) is 71.1 Å². The van der Waals surface area contributed by atoms with Crippen molar-refractivity contribution >= 4 is 11.8 Å². The van der Waals surface area contributed by atoms with Crippen LogP contribution < -0.4 is 14.2 Å². The summed E-state index contributed by atoms with van der Waals surface area (Å²) in [6.07, 6.45) is 0.663. The third-order valence-electron chi connectivity index (χ3n) is 5.32. The van der Waals surface area contributed by atoms with Gasteiger partial charge in [0.25, 0.3) is 0 Å². The van der Waals surface area contributed by atoms with Gasteiger partial charge in [-0.05, 0) is 53.8 Å². The summed E-state index contributed by atoms with van der Waals surface area (Å²) in [6, 6.07) is 11.0. The summed E-state index contributed by atoms with van der Waals surface area (Å²) in [5.74, 6) is 1.15. The van der Waals surface area contributed by atoms with Crippen molar-refractivity contribution < 1.29 is 28.5 Å². The molecule has 0 fully saturated rings. The van der Waals surface area contributed by atoms with E-state index in [4.69, 9.17) is 18.9 Å². The van der Waals surface area contributed by atoms with E-state index < -0.39 is 11.4 Å². The fourth-order valence-electron chi connectivity index (χ4n) is 3.79. The maximum Gasteiger partial charge on any atom is 0.320 e. The standard InChI is InChI=1S/C22H24O6/c1-25-17-7-6-15-11-20(23)22(21(24)28-4,13-16(15)10-17)12-14-5-8-18(26-2)19(9-14)27-3/h5-10H,11-13H2,1-4H3. The van der Waals surface area contributed by atoms with Crippen molar-refractivity contribution in [2.45, 2.75) is 19.3 Å². The van der Waals surface area contributed by atoms with E-state index in [1.165, 1.54) is 7.11 Å². The van der Waals surface area contributed by atoms with Crippen LogP contribution in [0.1, 0.15) is 16.7 Å². The number of methoxy groups -OCH3 is 4. The third kappa shape index (κ3) is 3.42. The van der Waals surface area contributed by atoms with E-state index in [1.807, 2.05) is 24.3 Å². The van der Waals surface area contributed by atoms with Crippen LogP contribution in [-0.2, 0) is 33.6 Å². The highest BCUT2D eigenvalue weighted by Crippen LogP contribution is 2.39. The van der Waals surface area contributed by atoms with Crippen molar-refractivity contribution in [2.75, 3.05) is 28.4 Å². The minimum Gasteiger partial charge on any atom is -0.497 e. The van der Waals surface area contributed by atoms with Crippen molar-refractivity contribution in [3.8, 4) is 17.2 Å². The molecule has 0 aromatic heterocycles. The predicted molar refractivity (Wildman–Crippen MR) is 103 cm³/mol. The third-order valence-corrected chi connectivity index (χ3v) is 5.32. The largest absolute Gasteiger partial charge is 0.497 e. The lowest BCUT2D eigenvalue weighted by Crippen LogP contribution is -2.47. The van der Waals surface area contributed by atoms with Crippen LogP contribution in [0.25, 0.3) is 0 Å². The number of esters is 1. The van der Waals surface area contributed by atoms with E-state index in [0.29, 0.717) is 17.2 Å². The van der Waals surface area contributed by atoms with Gasteiger partial charge < -0.3 is 18.9 Å². The number of ketones is 1. The summed E-state index contributed by atoms with van der Waals surface area (Å²) >= 11 is 0. The molecule has 1 atom stereocenters. The molecule has 1 unspecified atom stereocenters. The first-order valence-electron chi connectivity index (χ1n) is 8.96. The average molecular weight is 384 g/mol. The molecule has 0 aliphatic heterocycles. The van der Waals surface area contributed by atoms with Crippen molar-refractivity contribution in [3.05, 3.63) is 53.1 Å². The molecule has 3 rings (SSSR count). The van der Waals surface area contributed by atoms with Crippen LogP contribution in [0.5, 0.6) is 17.2 Å². The van der Waals surface area contributed by atoms with Crippen molar-refractivity contribution in [3.63, 3.8) is 0 Å². The van der Waals surface area contributed by atoms with Gasteiger partial charge >= 0.3 is 5.97 Å². The molecule has 1 aliphatic rings. The summed E-state index contributed by atoms with van der Waals surface area (Å²) in [6.45, 7) is 0. The second kappa shape index (κ2) is 7.92. The smallest absolute Gasteiger partial charge is 0.320 e. The van der Waals surface area contributed by atoms with E-state index in [2.05, 4.69) is 0 Å². The SMILES string of the molecule is COC(=O)C1(Cc2ccc(OC)c(OC)c2)Cc2cc(OC)ccc2CC1=O. The van der Waals surface area contributed by atoms with Gasteiger partial charge in [0.1, 0.15) is 11.2 Å². The van der Waals surface area contributed by atoms with Gasteiger partial charge in [0.15, 0.2) is 17.3 Å². The first kappa shape index (κ1) is 19.7. The van der Waals surface area contributed by atoms with Crippen molar-refractivity contribution in [2.24, 2.45) is 5.41 Å². The maximum atomic E-state index is 13.1. The van der Waals surface area contributed by atoms with Crippen LogP contribution >= 0.6 is 0 Å². The summed E-state index contributed by atoms with van der Waals surface area (Å²) in [4.78, 5) is 25.9. The lowest BCUT2D eigenvalue weighted by atomic mass is 9.67. The van der Waals surface area contributed by atoms with Gasteiger partial charge in [0.2, 0.25) is 0 Å². The van der Waals surface area contributed by atoms with Gasteiger partial charge in [-0.15, -0.1) is 0 Å². The molecule has 0 amide bonds. The maximum absolute atomic E-state index is 13.1. The normalized spacial score (nSPS) is 18.2. The Morgan fingerprint density at radius 3 is 2.32 bits per heavy atom. The van der Waals surface area contributed by atoms with Gasteiger partial charge in [-0.1, -0.05) is 12.1 Å². The highest BCUT2D eigenvalue weighted by molar-refractivity contribution is 6.06. The van der Waals surface area contributed by atoms with Crippen LogP contribution in [-0.4, -0.2) is 40.2 Å². The molecule has 0 spiro atoms. The number of Topliss-reactive ketones (excluding diaryl/α,β-unsaturated/α-hetero) is 1. The molecular formula is C22H24O6. The fraction of sp³-hybridized carbons (Fsp3) is 0.364. The number of rotatable bonds is 6. The first-order valence-corrected chi connectivity index (χ1v) is 8.96. The molecule has 6 nitrogen and oxygen atoms in total. The molecule has 0 saturated heterocycles. The molecule has 28 heavy (non-hydrogen) atoms. The van der Waals surface area contributed by atoms with E-state index in [1.54, 1.807) is 33.5 Å².